The van der Waals surface area contributed by atoms with Gasteiger partial charge >= 0.3 is 0 Å². The van der Waals surface area contributed by atoms with E-state index in [1.807, 2.05) is 12.1 Å². The number of nitro benzene ring substituents is 1. The van der Waals surface area contributed by atoms with E-state index >= 15 is 0 Å². The van der Waals surface area contributed by atoms with Gasteiger partial charge in [0.2, 0.25) is 0 Å². The first-order valence-electron chi connectivity index (χ1n) is 6.34. The van der Waals surface area contributed by atoms with Crippen LogP contribution in [-0.4, -0.2) is 25.2 Å². The minimum absolute atomic E-state index is 0.0204. The highest BCUT2D eigenvalue weighted by Crippen LogP contribution is 2.31. The number of non-ortho nitro benzene ring substituents is 1. The minimum atomic E-state index is -0.453. The zero-order valence-electron chi connectivity index (χ0n) is 11.5. The average molecular weight is 289 g/mol. The summed E-state index contributed by atoms with van der Waals surface area (Å²) in [5.74, 6) is 1.64. The van der Waals surface area contributed by atoms with Gasteiger partial charge in [-0.2, -0.15) is 0 Å². The Morgan fingerprint density at radius 2 is 1.67 bits per heavy atom. The second-order valence-corrected chi connectivity index (χ2v) is 4.14. The summed E-state index contributed by atoms with van der Waals surface area (Å²) >= 11 is 0. The van der Waals surface area contributed by atoms with Gasteiger partial charge in [0, 0.05) is 19.2 Å². The average Bonchev–Trinajstić information content (AvgIpc) is 2.50. The molecular formula is C15H15NO5. The predicted octanol–water partition coefficient (Wildman–Crippen LogP) is 3.41. The molecule has 0 saturated heterocycles. The van der Waals surface area contributed by atoms with Gasteiger partial charge in [0.25, 0.3) is 5.69 Å². The van der Waals surface area contributed by atoms with Crippen LogP contribution >= 0.6 is 0 Å². The van der Waals surface area contributed by atoms with Gasteiger partial charge in [-0.3, -0.25) is 10.1 Å². The van der Waals surface area contributed by atoms with Gasteiger partial charge in [0.15, 0.2) is 11.5 Å². The number of rotatable bonds is 7. The van der Waals surface area contributed by atoms with Crippen molar-refractivity contribution in [2.24, 2.45) is 0 Å². The molecule has 0 bridgehead atoms. The van der Waals surface area contributed by atoms with Crippen LogP contribution in [0.1, 0.15) is 0 Å². The van der Waals surface area contributed by atoms with Crippen molar-refractivity contribution in [1.29, 1.82) is 0 Å². The Labute approximate surface area is 122 Å². The molecule has 0 fully saturated rings. The van der Waals surface area contributed by atoms with E-state index in [0.29, 0.717) is 30.5 Å². The smallest absolute Gasteiger partial charge is 0.269 e. The number of para-hydroxylation sites is 2. The molecule has 110 valence electrons. The first kappa shape index (κ1) is 14.8. The molecule has 0 aliphatic carbocycles. The number of nitro groups is 1. The largest absolute Gasteiger partial charge is 0.487 e. The van der Waals surface area contributed by atoms with E-state index in [2.05, 4.69) is 0 Å². The third-order valence-corrected chi connectivity index (χ3v) is 2.67. The molecule has 0 atom stereocenters. The summed E-state index contributed by atoms with van der Waals surface area (Å²) in [6.07, 6.45) is 0. The van der Waals surface area contributed by atoms with Crippen molar-refractivity contribution in [2.75, 3.05) is 20.3 Å². The molecule has 0 N–H and O–H groups in total. The van der Waals surface area contributed by atoms with E-state index in [1.165, 1.54) is 12.1 Å². The molecule has 0 aliphatic rings. The second-order valence-electron chi connectivity index (χ2n) is 4.14. The van der Waals surface area contributed by atoms with Gasteiger partial charge in [0.05, 0.1) is 11.5 Å². The molecule has 6 nitrogen and oxygen atoms in total. The molecule has 0 radical (unpaired) electrons. The second kappa shape index (κ2) is 7.25. The molecule has 0 aliphatic heterocycles. The quantitative estimate of drug-likeness (QED) is 0.444. The molecule has 0 spiro atoms. The van der Waals surface area contributed by atoms with Crippen molar-refractivity contribution >= 4 is 5.69 Å². The summed E-state index contributed by atoms with van der Waals surface area (Å²) in [6, 6.07) is 13.1. The fraction of sp³-hybridized carbons (Fsp3) is 0.200. The molecular weight excluding hydrogens is 274 g/mol. The highest BCUT2D eigenvalue weighted by atomic mass is 16.6. The summed E-state index contributed by atoms with van der Waals surface area (Å²) in [5.41, 5.74) is 0.0204. The third-order valence-electron chi connectivity index (χ3n) is 2.67. The molecule has 0 amide bonds. The lowest BCUT2D eigenvalue weighted by molar-refractivity contribution is -0.384. The zero-order chi connectivity index (χ0) is 15.1. The fourth-order valence-corrected chi connectivity index (χ4v) is 1.65. The number of hydrogen-bond acceptors (Lipinski definition) is 5. The van der Waals surface area contributed by atoms with Crippen LogP contribution in [0.3, 0.4) is 0 Å². The first-order valence-corrected chi connectivity index (χ1v) is 6.34. The Hall–Kier alpha value is -2.60. The van der Waals surface area contributed by atoms with Crippen molar-refractivity contribution in [3.8, 4) is 17.2 Å². The molecule has 2 rings (SSSR count). The minimum Gasteiger partial charge on any atom is -0.487 e. The summed E-state index contributed by atoms with van der Waals surface area (Å²) in [6.45, 7) is 0.892. The van der Waals surface area contributed by atoms with Gasteiger partial charge in [-0.25, -0.2) is 0 Å². The van der Waals surface area contributed by atoms with Crippen LogP contribution in [0.5, 0.6) is 17.2 Å². The number of nitrogens with zero attached hydrogens (tertiary/aromatic N) is 1. The number of benzene rings is 2. The lowest BCUT2D eigenvalue weighted by atomic mass is 10.3. The van der Waals surface area contributed by atoms with Crippen molar-refractivity contribution < 1.29 is 19.1 Å². The van der Waals surface area contributed by atoms with Crippen LogP contribution in [0.4, 0.5) is 5.69 Å². The summed E-state index contributed by atoms with van der Waals surface area (Å²) in [7, 11) is 1.60. The molecule has 0 aromatic heterocycles. The molecule has 6 heteroatoms. The topological polar surface area (TPSA) is 70.8 Å². The lowest BCUT2D eigenvalue weighted by Gasteiger charge is -2.12. The summed E-state index contributed by atoms with van der Waals surface area (Å²) in [5, 5.41) is 10.6. The van der Waals surface area contributed by atoms with Crippen molar-refractivity contribution in [3.05, 3.63) is 58.6 Å². The van der Waals surface area contributed by atoms with E-state index in [1.54, 1.807) is 31.4 Å². The van der Waals surface area contributed by atoms with E-state index < -0.39 is 4.92 Å². The maximum atomic E-state index is 10.6. The predicted molar refractivity (Wildman–Crippen MR) is 77.0 cm³/mol. The monoisotopic (exact) mass is 289 g/mol. The van der Waals surface area contributed by atoms with Crippen molar-refractivity contribution in [2.45, 2.75) is 0 Å². The Morgan fingerprint density at radius 1 is 1.00 bits per heavy atom. The fourth-order valence-electron chi connectivity index (χ4n) is 1.65. The summed E-state index contributed by atoms with van der Waals surface area (Å²) in [4.78, 5) is 10.2. The Morgan fingerprint density at radius 3 is 2.29 bits per heavy atom. The van der Waals surface area contributed by atoms with Gasteiger partial charge in [0.1, 0.15) is 12.4 Å². The standard InChI is InChI=1S/C15H15NO5/c1-19-10-11-20-14-4-2-3-5-15(14)21-13-8-6-12(7-9-13)16(17)18/h2-9H,10-11H2,1H3. The Kier molecular flexibility index (Phi) is 5.11. The van der Waals surface area contributed by atoms with Gasteiger partial charge in [-0.1, -0.05) is 12.1 Å². The molecule has 2 aromatic rings. The number of methoxy groups -OCH3 is 1. The Bertz CT molecular complexity index is 597. The zero-order valence-corrected chi connectivity index (χ0v) is 11.5. The molecule has 21 heavy (non-hydrogen) atoms. The van der Waals surface area contributed by atoms with E-state index in [0.717, 1.165) is 0 Å². The van der Waals surface area contributed by atoms with Crippen LogP contribution in [0.15, 0.2) is 48.5 Å². The SMILES string of the molecule is COCCOc1ccccc1Oc1ccc([N+](=O)[O-])cc1. The Balaban J connectivity index is 2.09. The molecule has 2 aromatic carbocycles. The van der Waals surface area contributed by atoms with Crippen LogP contribution in [0.25, 0.3) is 0 Å². The maximum Gasteiger partial charge on any atom is 0.269 e. The molecule has 0 heterocycles. The van der Waals surface area contributed by atoms with Gasteiger partial charge < -0.3 is 14.2 Å². The van der Waals surface area contributed by atoms with Crippen molar-refractivity contribution in [1.82, 2.24) is 0 Å². The normalized spacial score (nSPS) is 10.1. The van der Waals surface area contributed by atoms with Crippen molar-refractivity contribution in [3.63, 3.8) is 0 Å². The highest BCUT2D eigenvalue weighted by Gasteiger charge is 2.08. The van der Waals surface area contributed by atoms with E-state index in [9.17, 15) is 10.1 Å². The van der Waals surface area contributed by atoms with E-state index in [4.69, 9.17) is 14.2 Å². The highest BCUT2D eigenvalue weighted by molar-refractivity contribution is 5.44. The van der Waals surface area contributed by atoms with Gasteiger partial charge in [-0.15, -0.1) is 0 Å². The third kappa shape index (κ3) is 4.19. The molecule has 0 unspecified atom stereocenters. The van der Waals surface area contributed by atoms with Crippen LogP contribution in [0, 0.1) is 10.1 Å². The van der Waals surface area contributed by atoms with Crippen LogP contribution in [0.2, 0.25) is 0 Å². The van der Waals surface area contributed by atoms with Crippen LogP contribution < -0.4 is 9.47 Å². The number of ether oxygens (including phenoxy) is 3. The lowest BCUT2D eigenvalue weighted by Crippen LogP contribution is -2.04. The van der Waals surface area contributed by atoms with Gasteiger partial charge in [-0.05, 0) is 24.3 Å². The van der Waals surface area contributed by atoms with Crippen LogP contribution in [-0.2, 0) is 4.74 Å². The maximum absolute atomic E-state index is 10.6. The number of hydrogen-bond donors (Lipinski definition) is 0. The van der Waals surface area contributed by atoms with E-state index in [-0.39, 0.29) is 5.69 Å². The first-order chi connectivity index (χ1) is 10.2. The summed E-state index contributed by atoms with van der Waals surface area (Å²) < 4.78 is 16.2. The molecule has 0 saturated carbocycles.